The average molecular weight is 435 g/mol. The monoisotopic (exact) mass is 433 g/mol. The number of aromatic nitrogens is 3. The highest BCUT2D eigenvalue weighted by atomic mass is 79.9. The molecule has 1 heterocycles. The van der Waals surface area contributed by atoms with E-state index in [9.17, 15) is 9.59 Å². The maximum atomic E-state index is 12.3. The first kappa shape index (κ1) is 18.1. The van der Waals surface area contributed by atoms with Gasteiger partial charge >= 0.3 is 0 Å². The van der Waals surface area contributed by atoms with Gasteiger partial charge in [-0.2, -0.15) is 0 Å². The first-order valence-corrected chi connectivity index (χ1v) is 8.67. The minimum atomic E-state index is -0.562. The zero-order valence-corrected chi connectivity index (χ0v) is 15.9. The van der Waals surface area contributed by atoms with Crippen LogP contribution in [0.1, 0.15) is 26.5 Å². The van der Waals surface area contributed by atoms with Crippen LogP contribution in [0.2, 0.25) is 5.02 Å². The number of hydrogen-bond acceptors (Lipinski definition) is 4. The van der Waals surface area contributed by atoms with Gasteiger partial charge in [0.15, 0.2) is 5.69 Å². The summed E-state index contributed by atoms with van der Waals surface area (Å²) in [7, 11) is 0. The van der Waals surface area contributed by atoms with Crippen molar-refractivity contribution in [1.82, 2.24) is 25.8 Å². The van der Waals surface area contributed by atoms with E-state index in [1.165, 1.54) is 0 Å². The van der Waals surface area contributed by atoms with E-state index in [1.807, 2.05) is 24.3 Å². The summed E-state index contributed by atoms with van der Waals surface area (Å²) in [5, 5.41) is 8.41. The van der Waals surface area contributed by atoms with Gasteiger partial charge in [0.05, 0.1) is 11.4 Å². The first-order chi connectivity index (χ1) is 12.5. The van der Waals surface area contributed by atoms with Crippen molar-refractivity contribution in [3.63, 3.8) is 0 Å². The lowest BCUT2D eigenvalue weighted by atomic mass is 10.2. The van der Waals surface area contributed by atoms with Gasteiger partial charge in [0, 0.05) is 15.1 Å². The molecule has 26 heavy (non-hydrogen) atoms. The van der Waals surface area contributed by atoms with Gasteiger partial charge in [-0.05, 0) is 55.5 Å². The molecule has 0 spiro atoms. The van der Waals surface area contributed by atoms with E-state index in [1.54, 1.807) is 35.9 Å². The van der Waals surface area contributed by atoms with Gasteiger partial charge < -0.3 is 0 Å². The van der Waals surface area contributed by atoms with Crippen LogP contribution < -0.4 is 10.9 Å². The number of hydrazine groups is 1. The van der Waals surface area contributed by atoms with E-state index in [0.717, 1.165) is 10.2 Å². The SMILES string of the molecule is Cc1c(C(=O)NNC(=O)c2ccc(Cl)cc2)nnn1-c1ccc(Br)cc1. The molecule has 3 rings (SSSR count). The van der Waals surface area contributed by atoms with E-state index >= 15 is 0 Å². The molecule has 3 aromatic rings. The van der Waals surface area contributed by atoms with Crippen molar-refractivity contribution < 1.29 is 9.59 Å². The first-order valence-electron chi connectivity index (χ1n) is 7.50. The van der Waals surface area contributed by atoms with Gasteiger partial charge in [0.2, 0.25) is 0 Å². The molecule has 0 unspecified atom stereocenters. The van der Waals surface area contributed by atoms with Crippen LogP contribution in [0.25, 0.3) is 5.69 Å². The topological polar surface area (TPSA) is 88.9 Å². The molecule has 0 aliphatic heterocycles. The van der Waals surface area contributed by atoms with Crippen LogP contribution in [0.5, 0.6) is 0 Å². The number of nitrogens with zero attached hydrogens (tertiary/aromatic N) is 3. The maximum absolute atomic E-state index is 12.3. The zero-order chi connectivity index (χ0) is 18.7. The molecule has 0 bridgehead atoms. The minimum absolute atomic E-state index is 0.115. The van der Waals surface area contributed by atoms with Gasteiger partial charge in [-0.15, -0.1) is 5.10 Å². The van der Waals surface area contributed by atoms with E-state index in [2.05, 4.69) is 37.1 Å². The van der Waals surface area contributed by atoms with Crippen LogP contribution in [0, 0.1) is 6.92 Å². The smallest absolute Gasteiger partial charge is 0.267 e. The number of rotatable bonds is 3. The fraction of sp³-hybridized carbons (Fsp3) is 0.0588. The number of halogens is 2. The van der Waals surface area contributed by atoms with Crippen LogP contribution in [-0.4, -0.2) is 26.8 Å². The van der Waals surface area contributed by atoms with Crippen LogP contribution in [0.3, 0.4) is 0 Å². The molecule has 2 N–H and O–H groups in total. The molecular formula is C17H13BrClN5O2. The molecule has 0 saturated heterocycles. The van der Waals surface area contributed by atoms with Crippen molar-refractivity contribution in [2.75, 3.05) is 0 Å². The number of carbonyl (C=O) groups is 2. The molecule has 0 atom stereocenters. The van der Waals surface area contributed by atoms with Gasteiger partial charge in [0.1, 0.15) is 0 Å². The highest BCUT2D eigenvalue weighted by Crippen LogP contribution is 2.16. The van der Waals surface area contributed by atoms with Gasteiger partial charge in [-0.1, -0.05) is 32.7 Å². The summed E-state index contributed by atoms with van der Waals surface area (Å²) in [6, 6.07) is 13.7. The third kappa shape index (κ3) is 3.92. The molecule has 2 amide bonds. The fourth-order valence-corrected chi connectivity index (χ4v) is 2.60. The van der Waals surface area contributed by atoms with Crippen molar-refractivity contribution in [1.29, 1.82) is 0 Å². The number of carbonyl (C=O) groups excluding carboxylic acids is 2. The van der Waals surface area contributed by atoms with E-state index in [0.29, 0.717) is 16.3 Å². The molecular weight excluding hydrogens is 422 g/mol. The standard InChI is InChI=1S/C17H13BrClN5O2/c1-10-15(20-23-24(10)14-8-4-12(18)5-9-14)17(26)22-21-16(25)11-2-6-13(19)7-3-11/h2-9H,1H3,(H,21,25)(H,22,26). The third-order valence-corrected chi connectivity index (χ3v) is 4.36. The Bertz CT molecular complexity index is 954. The number of nitrogens with one attached hydrogen (secondary N) is 2. The summed E-state index contributed by atoms with van der Waals surface area (Å²) < 4.78 is 2.48. The highest BCUT2D eigenvalue weighted by Gasteiger charge is 2.18. The molecule has 0 radical (unpaired) electrons. The van der Waals surface area contributed by atoms with E-state index in [4.69, 9.17) is 11.6 Å². The van der Waals surface area contributed by atoms with Crippen LogP contribution in [0.15, 0.2) is 53.0 Å². The summed E-state index contributed by atoms with van der Waals surface area (Å²) in [6.07, 6.45) is 0. The lowest BCUT2D eigenvalue weighted by Crippen LogP contribution is -2.42. The third-order valence-electron chi connectivity index (χ3n) is 3.58. The van der Waals surface area contributed by atoms with Gasteiger partial charge in [-0.25, -0.2) is 4.68 Å². The molecule has 132 valence electrons. The van der Waals surface area contributed by atoms with Crippen LogP contribution in [0.4, 0.5) is 0 Å². The van der Waals surface area contributed by atoms with Crippen molar-refractivity contribution in [2.24, 2.45) is 0 Å². The lowest BCUT2D eigenvalue weighted by molar-refractivity contribution is 0.0843. The Hall–Kier alpha value is -2.71. The molecule has 0 fully saturated rings. The normalized spacial score (nSPS) is 10.4. The van der Waals surface area contributed by atoms with Crippen molar-refractivity contribution in [2.45, 2.75) is 6.92 Å². The molecule has 9 heteroatoms. The maximum Gasteiger partial charge on any atom is 0.292 e. The molecule has 7 nitrogen and oxygen atoms in total. The van der Waals surface area contributed by atoms with E-state index in [-0.39, 0.29) is 5.69 Å². The van der Waals surface area contributed by atoms with E-state index < -0.39 is 11.8 Å². The second-order valence-electron chi connectivity index (χ2n) is 5.33. The minimum Gasteiger partial charge on any atom is -0.267 e. The summed E-state index contributed by atoms with van der Waals surface area (Å²) >= 11 is 9.15. The summed E-state index contributed by atoms with van der Waals surface area (Å²) in [6.45, 7) is 1.72. The zero-order valence-electron chi connectivity index (χ0n) is 13.5. The second-order valence-corrected chi connectivity index (χ2v) is 6.68. The number of benzene rings is 2. The van der Waals surface area contributed by atoms with Crippen LogP contribution in [-0.2, 0) is 0 Å². The highest BCUT2D eigenvalue weighted by molar-refractivity contribution is 9.10. The second kappa shape index (κ2) is 7.67. The largest absolute Gasteiger partial charge is 0.292 e. The molecule has 0 aliphatic carbocycles. The molecule has 0 aliphatic rings. The van der Waals surface area contributed by atoms with Gasteiger partial charge in [0.25, 0.3) is 11.8 Å². The summed E-state index contributed by atoms with van der Waals surface area (Å²) in [4.78, 5) is 24.3. The van der Waals surface area contributed by atoms with Crippen molar-refractivity contribution in [3.8, 4) is 5.69 Å². The summed E-state index contributed by atoms with van der Waals surface area (Å²) in [5.74, 6) is -1.03. The fourth-order valence-electron chi connectivity index (χ4n) is 2.21. The Morgan fingerprint density at radius 2 is 1.62 bits per heavy atom. The Kier molecular flexibility index (Phi) is 5.34. The Balaban J connectivity index is 1.69. The Labute approximate surface area is 162 Å². The lowest BCUT2D eigenvalue weighted by Gasteiger charge is -2.07. The Morgan fingerprint density at radius 1 is 1.00 bits per heavy atom. The molecule has 1 aromatic heterocycles. The summed E-state index contributed by atoms with van der Waals surface area (Å²) in [5.41, 5.74) is 6.46. The average Bonchev–Trinajstić information content (AvgIpc) is 3.02. The quantitative estimate of drug-likeness (QED) is 0.620. The number of hydrogen-bond donors (Lipinski definition) is 2. The molecule has 0 saturated carbocycles. The van der Waals surface area contributed by atoms with Crippen molar-refractivity contribution >= 4 is 39.3 Å². The van der Waals surface area contributed by atoms with Crippen molar-refractivity contribution in [3.05, 3.63) is 75.0 Å². The van der Waals surface area contributed by atoms with Crippen LogP contribution >= 0.6 is 27.5 Å². The van der Waals surface area contributed by atoms with Gasteiger partial charge in [-0.3, -0.25) is 20.4 Å². The predicted molar refractivity (Wildman–Crippen MR) is 100 cm³/mol. The Morgan fingerprint density at radius 3 is 2.27 bits per heavy atom. The number of amides is 2. The predicted octanol–water partition coefficient (Wildman–Crippen LogP) is 3.07. The molecule has 2 aromatic carbocycles.